The summed E-state index contributed by atoms with van der Waals surface area (Å²) in [5.74, 6) is 2.68. The molecule has 250 valence electrons. The van der Waals surface area contributed by atoms with Gasteiger partial charge in [-0.25, -0.2) is 4.98 Å². The molecule has 0 atom stereocenters. The largest absolute Gasteiger partial charge is 2.00 e. The molecule has 7 aromatic rings. The van der Waals surface area contributed by atoms with E-state index < -0.39 is 0 Å². The second kappa shape index (κ2) is 14.0. The summed E-state index contributed by atoms with van der Waals surface area (Å²) < 4.78 is 16.1. The van der Waals surface area contributed by atoms with Gasteiger partial charge in [0.15, 0.2) is 0 Å². The molecule has 0 saturated heterocycles. The van der Waals surface area contributed by atoms with E-state index in [1.807, 2.05) is 35.0 Å². The number of rotatable bonds is 9. The number of methoxy groups -OCH3 is 1. The number of pyridine rings is 1. The zero-order chi connectivity index (χ0) is 33.5. The first-order valence-corrected chi connectivity index (χ1v) is 16.7. The molecular weight excluding hydrogens is 699 g/mol. The van der Waals surface area contributed by atoms with E-state index in [0.717, 1.165) is 75.3 Å². The van der Waals surface area contributed by atoms with Gasteiger partial charge in [0, 0.05) is 40.5 Å². The minimum atomic E-state index is 0. The molecule has 0 bridgehead atoms. The third kappa shape index (κ3) is 6.18. The van der Waals surface area contributed by atoms with Crippen LogP contribution >= 0.6 is 0 Å². The maximum absolute atomic E-state index is 6.51. The molecule has 0 unspecified atom stereocenters. The average molecular weight is 739 g/mol. The van der Waals surface area contributed by atoms with Crippen LogP contribution in [0.5, 0.6) is 17.2 Å². The SMILES string of the molecule is CCc1cc(CC)c(-c2c(C)nn(-c3[c-]c(Oc4[c-]c5c(cc4)c4ccccc4n5-c4cc(OC)ccn4)cc(C)c3)c2C)c(CC)c1.[Pd+2]. The Kier molecular flexibility index (Phi) is 9.79. The Morgan fingerprint density at radius 1 is 0.755 bits per heavy atom. The van der Waals surface area contributed by atoms with Crippen molar-refractivity contribution in [3.05, 3.63) is 125 Å². The number of hydrogen-bond donors (Lipinski definition) is 0. The number of aryl methyl sites for hydroxylation is 5. The van der Waals surface area contributed by atoms with Crippen LogP contribution in [0.3, 0.4) is 0 Å². The van der Waals surface area contributed by atoms with Crippen LogP contribution in [-0.4, -0.2) is 26.4 Å². The normalized spacial score (nSPS) is 11.2. The monoisotopic (exact) mass is 738 g/mol. The Bertz CT molecular complexity index is 2290. The molecule has 3 heterocycles. The predicted octanol–water partition coefficient (Wildman–Crippen LogP) is 10.0. The van der Waals surface area contributed by atoms with Crippen LogP contribution < -0.4 is 9.47 Å². The van der Waals surface area contributed by atoms with Gasteiger partial charge in [0.05, 0.1) is 12.8 Å². The zero-order valence-corrected chi connectivity index (χ0v) is 30.6. The van der Waals surface area contributed by atoms with Crippen LogP contribution in [0.25, 0.3) is 44.4 Å². The van der Waals surface area contributed by atoms with Crippen LogP contribution in [0.15, 0.2) is 79.0 Å². The van der Waals surface area contributed by atoms with Crippen molar-refractivity contribution < 1.29 is 29.9 Å². The van der Waals surface area contributed by atoms with Crippen LogP contribution in [0.1, 0.15) is 54.4 Å². The van der Waals surface area contributed by atoms with E-state index >= 15 is 0 Å². The van der Waals surface area contributed by atoms with Crippen molar-refractivity contribution >= 4 is 21.8 Å². The fraction of sp³-hybridized carbons (Fsp3) is 0.238. The molecule has 0 amide bonds. The number of aromatic nitrogens is 4. The van der Waals surface area contributed by atoms with Crippen molar-refractivity contribution in [2.45, 2.75) is 60.8 Å². The number of fused-ring (bicyclic) bond motifs is 3. The van der Waals surface area contributed by atoms with Gasteiger partial charge < -0.3 is 14.0 Å². The van der Waals surface area contributed by atoms with E-state index in [4.69, 9.17) is 14.6 Å². The van der Waals surface area contributed by atoms with Gasteiger partial charge in [0.1, 0.15) is 11.6 Å². The van der Waals surface area contributed by atoms with E-state index in [1.165, 1.54) is 27.8 Å². The van der Waals surface area contributed by atoms with Crippen LogP contribution in [0.2, 0.25) is 0 Å². The Hall–Kier alpha value is -4.70. The molecule has 49 heavy (non-hydrogen) atoms. The number of nitrogens with zero attached hydrogens (tertiary/aromatic N) is 4. The summed E-state index contributed by atoms with van der Waals surface area (Å²) in [6, 6.07) is 32.0. The third-order valence-corrected chi connectivity index (χ3v) is 9.23. The predicted molar refractivity (Wildman–Crippen MR) is 194 cm³/mol. The van der Waals surface area contributed by atoms with Crippen LogP contribution in [0, 0.1) is 32.9 Å². The first-order chi connectivity index (χ1) is 23.3. The summed E-state index contributed by atoms with van der Waals surface area (Å²) in [5, 5.41) is 7.25. The molecule has 0 aliphatic heterocycles. The summed E-state index contributed by atoms with van der Waals surface area (Å²) in [7, 11) is 1.66. The topological polar surface area (TPSA) is 54.1 Å². The molecule has 0 spiro atoms. The average Bonchev–Trinajstić information content (AvgIpc) is 3.59. The van der Waals surface area contributed by atoms with Gasteiger partial charge in [-0.3, -0.25) is 4.68 Å². The number of hydrogen-bond acceptors (Lipinski definition) is 4. The molecule has 0 fully saturated rings. The minimum Gasteiger partial charge on any atom is -0.509 e. The molecule has 7 heteroatoms. The number of ether oxygens (including phenoxy) is 2. The molecule has 0 radical (unpaired) electrons. The van der Waals surface area contributed by atoms with E-state index in [-0.39, 0.29) is 20.4 Å². The van der Waals surface area contributed by atoms with Gasteiger partial charge in [0.2, 0.25) is 0 Å². The Morgan fingerprint density at radius 2 is 1.51 bits per heavy atom. The summed E-state index contributed by atoms with van der Waals surface area (Å²) in [4.78, 5) is 4.68. The van der Waals surface area contributed by atoms with E-state index in [2.05, 4.69) is 106 Å². The number of para-hydroxylation sites is 1. The maximum atomic E-state index is 6.51. The molecule has 0 N–H and O–H groups in total. The first kappa shape index (κ1) is 34.2. The van der Waals surface area contributed by atoms with Crippen molar-refractivity contribution in [3.63, 3.8) is 0 Å². The van der Waals surface area contributed by atoms with Crippen molar-refractivity contribution in [1.82, 2.24) is 19.3 Å². The van der Waals surface area contributed by atoms with E-state index in [0.29, 0.717) is 11.5 Å². The van der Waals surface area contributed by atoms with Gasteiger partial charge >= 0.3 is 20.4 Å². The van der Waals surface area contributed by atoms with Crippen molar-refractivity contribution in [3.8, 4) is 39.9 Å². The molecule has 3 aromatic heterocycles. The summed E-state index contributed by atoms with van der Waals surface area (Å²) in [6.07, 6.45) is 4.74. The Morgan fingerprint density at radius 3 is 2.22 bits per heavy atom. The Balaban J connectivity index is 0.00000417. The zero-order valence-electron chi connectivity index (χ0n) is 29.0. The quantitative estimate of drug-likeness (QED) is 0.109. The van der Waals surface area contributed by atoms with Gasteiger partial charge in [-0.1, -0.05) is 63.5 Å². The molecule has 7 rings (SSSR count). The van der Waals surface area contributed by atoms with Crippen LogP contribution in [0.4, 0.5) is 0 Å². The summed E-state index contributed by atoms with van der Waals surface area (Å²) in [5.41, 5.74) is 12.6. The maximum Gasteiger partial charge on any atom is 2.00 e. The number of benzene rings is 4. The molecule has 0 saturated carbocycles. The van der Waals surface area contributed by atoms with Crippen molar-refractivity contribution in [2.24, 2.45) is 0 Å². The van der Waals surface area contributed by atoms with Gasteiger partial charge in [0.25, 0.3) is 0 Å². The second-order valence-electron chi connectivity index (χ2n) is 12.3. The Labute approximate surface area is 302 Å². The van der Waals surface area contributed by atoms with Crippen molar-refractivity contribution in [1.29, 1.82) is 0 Å². The fourth-order valence-electron chi connectivity index (χ4n) is 6.93. The summed E-state index contributed by atoms with van der Waals surface area (Å²) >= 11 is 0. The van der Waals surface area contributed by atoms with Gasteiger partial charge in [-0.05, 0) is 78.6 Å². The van der Waals surface area contributed by atoms with E-state index in [1.54, 1.807) is 13.3 Å². The summed E-state index contributed by atoms with van der Waals surface area (Å²) in [6.45, 7) is 13.1. The van der Waals surface area contributed by atoms with E-state index in [9.17, 15) is 0 Å². The molecular formula is C42H40N4O2Pd. The molecule has 6 nitrogen and oxygen atoms in total. The molecule has 0 aliphatic rings. The second-order valence-corrected chi connectivity index (χ2v) is 12.3. The van der Waals surface area contributed by atoms with Gasteiger partial charge in [-0.15, -0.1) is 35.7 Å². The first-order valence-electron chi connectivity index (χ1n) is 16.7. The standard InChI is InChI=1S/C42H40N4O2.Pd/c1-8-29-21-30(9-2)42(31(10-3)22-29)41-27(5)44-46(28(41)6)32-19-26(4)20-35(23-32)48-34-15-16-37-36-13-11-12-14-38(36)45(39(37)24-34)40-25-33(47-7)17-18-43-40;/h11-22,25H,8-10H2,1-7H3;/q-2;+2. The minimum absolute atomic E-state index is 0. The van der Waals surface area contributed by atoms with Crippen LogP contribution in [-0.2, 0) is 39.7 Å². The van der Waals surface area contributed by atoms with Gasteiger partial charge in [-0.2, -0.15) is 16.7 Å². The molecule has 0 aliphatic carbocycles. The fourth-order valence-corrected chi connectivity index (χ4v) is 6.93. The molecule has 4 aromatic carbocycles. The third-order valence-electron chi connectivity index (χ3n) is 9.23. The smallest absolute Gasteiger partial charge is 0.509 e. The van der Waals surface area contributed by atoms with Crippen molar-refractivity contribution in [2.75, 3.05) is 7.11 Å².